The molecule has 2 aromatic carbocycles. The van der Waals surface area contributed by atoms with E-state index in [9.17, 15) is 9.59 Å². The largest absolute Gasteiger partial charge is 0.377 e. The van der Waals surface area contributed by atoms with Gasteiger partial charge in [-0.15, -0.1) is 10.6 Å². The second-order valence-electron chi connectivity index (χ2n) is 10.2. The number of ether oxygens (including phenoxy) is 1. The highest BCUT2D eigenvalue weighted by Gasteiger charge is 2.55. The highest BCUT2D eigenvalue weighted by molar-refractivity contribution is 6.48. The molecule has 2 aliphatic heterocycles. The fourth-order valence-electron chi connectivity index (χ4n) is 5.84. The number of carbonyl (C=O) groups is 2. The Morgan fingerprint density at radius 3 is 2.60 bits per heavy atom. The molecular formula is C28H33Cl2N7O3. The van der Waals surface area contributed by atoms with Crippen molar-refractivity contribution in [2.45, 2.75) is 63.3 Å². The van der Waals surface area contributed by atoms with Crippen LogP contribution in [0.15, 0.2) is 52.6 Å². The quantitative estimate of drug-likeness (QED) is 0.351. The van der Waals surface area contributed by atoms with Crippen LogP contribution >= 0.6 is 23.2 Å². The Kier molecular flexibility index (Phi) is 8.60. The SMILES string of the molecule is CCC[C@H](c1ccc(C(=O)NCC2=NNNN2)cc1)N1C(=O)C(c2cc(Cl)cc(Cl)c2)=NC12CCCCC2OC. The molecule has 0 saturated heterocycles. The van der Waals surface area contributed by atoms with Gasteiger partial charge in [0.25, 0.3) is 11.8 Å². The molecule has 2 aromatic rings. The summed E-state index contributed by atoms with van der Waals surface area (Å²) in [6.45, 7) is 2.34. The van der Waals surface area contributed by atoms with Gasteiger partial charge in [0.1, 0.15) is 11.8 Å². The number of aliphatic imine (C=N–C) groups is 1. The van der Waals surface area contributed by atoms with Crippen LogP contribution in [0, 0.1) is 0 Å². The number of rotatable bonds is 9. The molecule has 3 aliphatic rings. The van der Waals surface area contributed by atoms with E-state index >= 15 is 0 Å². The minimum absolute atomic E-state index is 0.172. The molecule has 0 bridgehead atoms. The molecule has 0 aromatic heterocycles. The molecular weight excluding hydrogens is 553 g/mol. The molecule has 40 heavy (non-hydrogen) atoms. The molecule has 3 atom stereocenters. The van der Waals surface area contributed by atoms with Gasteiger partial charge in [0, 0.05) is 28.3 Å². The minimum Gasteiger partial charge on any atom is -0.377 e. The maximum atomic E-state index is 14.3. The average Bonchev–Trinajstić information content (AvgIpc) is 3.57. The molecule has 5 rings (SSSR count). The van der Waals surface area contributed by atoms with E-state index in [1.807, 2.05) is 17.0 Å². The molecule has 1 saturated carbocycles. The summed E-state index contributed by atoms with van der Waals surface area (Å²) in [4.78, 5) is 34.1. The Labute approximate surface area is 243 Å². The maximum absolute atomic E-state index is 14.3. The van der Waals surface area contributed by atoms with Crippen molar-refractivity contribution in [3.8, 4) is 0 Å². The van der Waals surface area contributed by atoms with Gasteiger partial charge in [0.15, 0.2) is 11.5 Å². The van der Waals surface area contributed by atoms with Crippen LogP contribution in [0.4, 0.5) is 0 Å². The van der Waals surface area contributed by atoms with Crippen LogP contribution in [0.1, 0.15) is 73.0 Å². The lowest BCUT2D eigenvalue weighted by Gasteiger charge is -2.47. The predicted octanol–water partition coefficient (Wildman–Crippen LogP) is 4.11. The van der Waals surface area contributed by atoms with Gasteiger partial charge >= 0.3 is 0 Å². The van der Waals surface area contributed by atoms with E-state index in [-0.39, 0.29) is 30.5 Å². The van der Waals surface area contributed by atoms with Crippen LogP contribution in [0.3, 0.4) is 0 Å². The maximum Gasteiger partial charge on any atom is 0.275 e. The van der Waals surface area contributed by atoms with E-state index in [2.05, 4.69) is 33.8 Å². The number of hydrogen-bond donors (Lipinski definition) is 4. The first kappa shape index (κ1) is 28.4. The number of amidine groups is 1. The molecule has 1 spiro atoms. The zero-order valence-electron chi connectivity index (χ0n) is 22.5. The normalized spacial score (nSPS) is 22.9. The molecule has 12 heteroatoms. The van der Waals surface area contributed by atoms with Crippen molar-refractivity contribution in [3.05, 3.63) is 69.2 Å². The molecule has 1 aliphatic carbocycles. The van der Waals surface area contributed by atoms with Crippen molar-refractivity contribution >= 4 is 46.6 Å². The monoisotopic (exact) mass is 585 g/mol. The molecule has 10 nitrogen and oxygen atoms in total. The predicted molar refractivity (Wildman–Crippen MR) is 155 cm³/mol. The van der Waals surface area contributed by atoms with Crippen LogP contribution in [0.25, 0.3) is 0 Å². The Bertz CT molecular complexity index is 1310. The summed E-state index contributed by atoms with van der Waals surface area (Å²) in [6, 6.07) is 12.2. The molecule has 212 valence electrons. The number of hydrazone groups is 1. The minimum atomic E-state index is -0.846. The number of methoxy groups -OCH3 is 1. The molecule has 2 heterocycles. The van der Waals surface area contributed by atoms with Crippen LogP contribution in [0.5, 0.6) is 0 Å². The van der Waals surface area contributed by atoms with Gasteiger partial charge in [0.05, 0.1) is 12.6 Å². The fraction of sp³-hybridized carbons (Fsp3) is 0.429. The summed E-state index contributed by atoms with van der Waals surface area (Å²) in [6.07, 6.45) is 4.75. The van der Waals surface area contributed by atoms with Crippen molar-refractivity contribution in [1.29, 1.82) is 0 Å². The molecule has 2 amide bonds. The van der Waals surface area contributed by atoms with Gasteiger partial charge in [-0.25, -0.2) is 10.5 Å². The van der Waals surface area contributed by atoms with E-state index in [1.54, 1.807) is 37.4 Å². The zero-order chi connectivity index (χ0) is 28.3. The molecule has 4 N–H and O–H groups in total. The average molecular weight is 587 g/mol. The number of benzene rings is 2. The van der Waals surface area contributed by atoms with E-state index in [0.717, 1.165) is 37.7 Å². The first-order valence-corrected chi connectivity index (χ1v) is 14.3. The van der Waals surface area contributed by atoms with E-state index < -0.39 is 5.66 Å². The van der Waals surface area contributed by atoms with Gasteiger partial charge in [-0.2, -0.15) is 0 Å². The first-order valence-electron chi connectivity index (χ1n) is 13.5. The van der Waals surface area contributed by atoms with Gasteiger partial charge in [-0.05, 0) is 61.6 Å². The topological polar surface area (TPSA) is 119 Å². The number of nitrogens with one attached hydrogen (secondary N) is 4. The Balaban J connectivity index is 1.48. The number of hydrazine groups is 2. The van der Waals surface area contributed by atoms with Crippen molar-refractivity contribution in [1.82, 2.24) is 26.7 Å². The van der Waals surface area contributed by atoms with Crippen molar-refractivity contribution in [3.63, 3.8) is 0 Å². The van der Waals surface area contributed by atoms with Gasteiger partial charge in [-0.3, -0.25) is 15.0 Å². The number of amides is 2. The molecule has 1 fully saturated rings. The van der Waals surface area contributed by atoms with Gasteiger partial charge in [0.2, 0.25) is 0 Å². The highest BCUT2D eigenvalue weighted by atomic mass is 35.5. The number of carbonyl (C=O) groups excluding carboxylic acids is 2. The lowest BCUT2D eigenvalue weighted by atomic mass is 9.83. The third-order valence-corrected chi connectivity index (χ3v) is 8.08. The van der Waals surface area contributed by atoms with Crippen LogP contribution < -0.4 is 21.8 Å². The molecule has 2 unspecified atom stereocenters. The fourth-order valence-corrected chi connectivity index (χ4v) is 6.37. The lowest BCUT2D eigenvalue weighted by Crippen LogP contribution is -2.57. The summed E-state index contributed by atoms with van der Waals surface area (Å²) in [5.41, 5.74) is 9.53. The summed E-state index contributed by atoms with van der Waals surface area (Å²) < 4.78 is 5.99. The van der Waals surface area contributed by atoms with Gasteiger partial charge in [-0.1, -0.05) is 55.1 Å². The summed E-state index contributed by atoms with van der Waals surface area (Å²) in [7, 11) is 1.69. The Hall–Kier alpha value is -3.18. The highest BCUT2D eigenvalue weighted by Crippen LogP contribution is 2.46. The number of hydrogen-bond acceptors (Lipinski definition) is 8. The summed E-state index contributed by atoms with van der Waals surface area (Å²) >= 11 is 12.6. The standard InChI is InChI=1S/C28H33Cl2N7O3/c1-3-6-22(17-8-10-18(11-9-17)26(38)31-16-24-33-35-36-34-24)37-27(39)25(19-13-20(29)15-21(30)14-19)32-28(37)12-5-4-7-23(28)40-2/h8-11,13-15,22-23,35-36H,3-7,12,16H2,1-2H3,(H,31,38)(H,33,34)/t22-,23?,28?/m1/s1. The van der Waals surface area contributed by atoms with Crippen LogP contribution in [-0.4, -0.2) is 53.7 Å². The first-order chi connectivity index (χ1) is 19.4. The van der Waals surface area contributed by atoms with Gasteiger partial charge < -0.3 is 15.0 Å². The van der Waals surface area contributed by atoms with E-state index in [4.69, 9.17) is 32.9 Å². The van der Waals surface area contributed by atoms with Crippen molar-refractivity contribution in [2.24, 2.45) is 10.1 Å². The summed E-state index contributed by atoms with van der Waals surface area (Å²) in [5, 5.41) is 7.68. The Morgan fingerprint density at radius 2 is 1.95 bits per heavy atom. The second-order valence-corrected chi connectivity index (χ2v) is 11.0. The zero-order valence-corrected chi connectivity index (χ0v) is 24.0. The second kappa shape index (κ2) is 12.1. The molecule has 0 radical (unpaired) electrons. The third kappa shape index (κ3) is 5.54. The van der Waals surface area contributed by atoms with Crippen molar-refractivity contribution in [2.75, 3.05) is 13.7 Å². The Morgan fingerprint density at radius 1 is 1.20 bits per heavy atom. The summed E-state index contributed by atoms with van der Waals surface area (Å²) in [5.74, 6) is 0.177. The van der Waals surface area contributed by atoms with E-state index in [1.165, 1.54) is 0 Å². The lowest BCUT2D eigenvalue weighted by molar-refractivity contribution is -0.143. The number of nitrogens with zero attached hydrogens (tertiary/aromatic N) is 3. The van der Waals surface area contributed by atoms with E-state index in [0.29, 0.717) is 39.1 Å². The number of halogens is 2. The van der Waals surface area contributed by atoms with Crippen LogP contribution in [0.2, 0.25) is 10.0 Å². The third-order valence-electron chi connectivity index (χ3n) is 7.64. The smallest absolute Gasteiger partial charge is 0.275 e. The van der Waals surface area contributed by atoms with Crippen LogP contribution in [-0.2, 0) is 9.53 Å². The van der Waals surface area contributed by atoms with Crippen molar-refractivity contribution < 1.29 is 14.3 Å².